The molecule has 0 radical (unpaired) electrons. The zero-order valence-electron chi connectivity index (χ0n) is 14.7. The van der Waals surface area contributed by atoms with E-state index in [0.29, 0.717) is 0 Å². The lowest BCUT2D eigenvalue weighted by atomic mass is 10.2. The minimum atomic E-state index is -1.12. The fraction of sp³-hybridized carbons (Fsp3) is 0.0435. The van der Waals surface area contributed by atoms with Crippen LogP contribution in [0.2, 0.25) is 0 Å². The van der Waals surface area contributed by atoms with Crippen LogP contribution >= 0.6 is 11.3 Å². The second kappa shape index (κ2) is 4.88. The number of nitrogens with zero attached hydrogens (tertiary/aromatic N) is 2. The van der Waals surface area contributed by atoms with Gasteiger partial charge in [-0.05, 0) is 45.5 Å². The van der Waals surface area contributed by atoms with Crippen molar-refractivity contribution < 1.29 is 18.6 Å². The largest absolute Gasteiger partial charge is 0.716 e. The molecule has 7 rings (SSSR count). The van der Waals surface area contributed by atoms with Crippen molar-refractivity contribution in [1.29, 1.82) is 0 Å². The van der Waals surface area contributed by atoms with E-state index < -0.39 is 6.03 Å². The molecule has 0 N–H and O–H groups in total. The van der Waals surface area contributed by atoms with Crippen LogP contribution in [0.4, 0.5) is 0 Å². The number of rotatable bonds is 0. The van der Waals surface area contributed by atoms with E-state index in [1.54, 1.807) is 11.3 Å². The van der Waals surface area contributed by atoms with E-state index in [-0.39, 0.29) is 0 Å². The van der Waals surface area contributed by atoms with Crippen LogP contribution in [-0.4, -0.2) is 0 Å². The van der Waals surface area contributed by atoms with Gasteiger partial charge in [-0.25, -0.2) is 0 Å². The molecule has 4 heterocycles. The maximum Gasteiger partial charge on any atom is 0.716 e. The molecule has 2 aromatic heterocycles. The van der Waals surface area contributed by atoms with E-state index in [9.17, 15) is 0 Å². The SMILES string of the molecule is c1ccc2c(c1)OC1(Oc3cccc4ccc[n+]1c34)[n+]1c-2sc2ccccc21. The van der Waals surface area contributed by atoms with Gasteiger partial charge in [0.25, 0.3) is 10.5 Å². The van der Waals surface area contributed by atoms with Gasteiger partial charge in [-0.3, -0.25) is 0 Å². The number of hydrogen-bond acceptors (Lipinski definition) is 3. The highest BCUT2D eigenvalue weighted by Crippen LogP contribution is 2.43. The number of para-hydroxylation sites is 3. The Morgan fingerprint density at radius 2 is 1.54 bits per heavy atom. The highest BCUT2D eigenvalue weighted by atomic mass is 32.1. The molecule has 0 saturated heterocycles. The second-order valence-electron chi connectivity index (χ2n) is 7.03. The molecular formula is C23H14N2O2S+2. The molecule has 5 aromatic rings. The van der Waals surface area contributed by atoms with Crippen LogP contribution in [-0.2, 0) is 6.03 Å². The predicted octanol–water partition coefficient (Wildman–Crippen LogP) is 4.20. The molecular weight excluding hydrogens is 368 g/mol. The fourth-order valence-corrected chi connectivity index (χ4v) is 5.54. The number of pyridine rings is 1. The molecule has 1 unspecified atom stereocenters. The van der Waals surface area contributed by atoms with Crippen LogP contribution in [0.25, 0.3) is 31.7 Å². The van der Waals surface area contributed by atoms with E-state index in [1.165, 1.54) is 4.70 Å². The van der Waals surface area contributed by atoms with Crippen molar-refractivity contribution in [3.8, 4) is 22.1 Å². The highest BCUT2D eigenvalue weighted by Gasteiger charge is 2.68. The Kier molecular flexibility index (Phi) is 2.55. The van der Waals surface area contributed by atoms with Gasteiger partial charge in [0, 0.05) is 12.1 Å². The molecule has 0 fully saturated rings. The third kappa shape index (κ3) is 1.62. The molecule has 5 heteroatoms. The van der Waals surface area contributed by atoms with Crippen molar-refractivity contribution in [3.63, 3.8) is 0 Å². The van der Waals surface area contributed by atoms with E-state index in [1.807, 2.05) is 42.6 Å². The maximum absolute atomic E-state index is 6.66. The standard InChI is InChI=1S/C23H14N2O2S/c1-3-11-18-16(9-1)22-25(17-10-2-4-13-20(17)28-22)23(26-18)24-14-6-8-15-7-5-12-19(27-23)21(15)24/h1-14H/q+2. The first-order valence-corrected chi connectivity index (χ1v) is 10.0. The first-order valence-electron chi connectivity index (χ1n) is 9.21. The van der Waals surface area contributed by atoms with Gasteiger partial charge in [0.15, 0.2) is 11.9 Å². The third-order valence-electron chi connectivity index (χ3n) is 5.49. The topological polar surface area (TPSA) is 26.2 Å². The van der Waals surface area contributed by atoms with Crippen molar-refractivity contribution in [3.05, 3.63) is 85.1 Å². The van der Waals surface area contributed by atoms with Crippen molar-refractivity contribution in [1.82, 2.24) is 0 Å². The average molecular weight is 382 g/mol. The van der Waals surface area contributed by atoms with E-state index in [0.717, 1.165) is 38.5 Å². The van der Waals surface area contributed by atoms with Gasteiger partial charge < -0.3 is 9.47 Å². The van der Waals surface area contributed by atoms with Crippen LogP contribution < -0.4 is 18.6 Å². The molecule has 28 heavy (non-hydrogen) atoms. The van der Waals surface area contributed by atoms with Crippen molar-refractivity contribution in [2.75, 3.05) is 0 Å². The van der Waals surface area contributed by atoms with Crippen molar-refractivity contribution >= 4 is 32.5 Å². The lowest BCUT2D eigenvalue weighted by Gasteiger charge is -2.22. The second-order valence-corrected chi connectivity index (χ2v) is 8.06. The summed E-state index contributed by atoms with van der Waals surface area (Å²) in [6.07, 6.45) is 2.04. The van der Waals surface area contributed by atoms with E-state index >= 15 is 0 Å². The quantitative estimate of drug-likeness (QED) is 0.375. The average Bonchev–Trinajstić information content (AvgIpc) is 3.27. The number of ether oxygens (including phenoxy) is 2. The summed E-state index contributed by atoms with van der Waals surface area (Å²) in [4.78, 5) is 0. The first-order chi connectivity index (χ1) is 13.9. The normalized spacial score (nSPS) is 18.7. The number of fused-ring (bicyclic) bond motifs is 7. The molecule has 3 aromatic carbocycles. The molecule has 2 aliphatic rings. The molecule has 1 spiro atoms. The zero-order valence-corrected chi connectivity index (χ0v) is 15.5. The maximum atomic E-state index is 6.66. The third-order valence-corrected chi connectivity index (χ3v) is 6.65. The monoisotopic (exact) mass is 382 g/mol. The van der Waals surface area contributed by atoms with Crippen LogP contribution in [0, 0.1) is 0 Å². The summed E-state index contributed by atoms with van der Waals surface area (Å²) in [6, 6.07) is 25.7. The van der Waals surface area contributed by atoms with Crippen LogP contribution in [0.3, 0.4) is 0 Å². The number of hydrogen-bond donors (Lipinski definition) is 0. The summed E-state index contributed by atoms with van der Waals surface area (Å²) in [5.41, 5.74) is 3.22. The molecule has 0 bridgehead atoms. The molecule has 132 valence electrons. The molecule has 1 atom stereocenters. The summed E-state index contributed by atoms with van der Waals surface area (Å²) >= 11 is 1.76. The number of benzene rings is 3. The Bertz CT molecular complexity index is 1440. The zero-order chi connectivity index (χ0) is 18.3. The van der Waals surface area contributed by atoms with Crippen LogP contribution in [0.1, 0.15) is 0 Å². The van der Waals surface area contributed by atoms with Gasteiger partial charge in [0.05, 0.1) is 5.39 Å². The van der Waals surface area contributed by atoms with Gasteiger partial charge in [-0.1, -0.05) is 41.7 Å². The minimum absolute atomic E-state index is 0.825. The van der Waals surface area contributed by atoms with Gasteiger partial charge in [-0.15, -0.1) is 0 Å². The smallest absolute Gasteiger partial charge is 0.340 e. The van der Waals surface area contributed by atoms with Gasteiger partial charge in [0.1, 0.15) is 10.3 Å². The summed E-state index contributed by atoms with van der Waals surface area (Å²) in [5, 5.41) is 2.25. The van der Waals surface area contributed by atoms with Gasteiger partial charge >= 0.3 is 6.03 Å². The van der Waals surface area contributed by atoms with Gasteiger partial charge in [0.2, 0.25) is 11.3 Å². The Morgan fingerprint density at radius 3 is 2.54 bits per heavy atom. The van der Waals surface area contributed by atoms with Gasteiger partial charge in [-0.2, -0.15) is 0 Å². The van der Waals surface area contributed by atoms with Crippen LogP contribution in [0.5, 0.6) is 11.5 Å². The lowest BCUT2D eigenvalue weighted by molar-refractivity contribution is -1.04. The molecule has 0 amide bonds. The van der Waals surface area contributed by atoms with Crippen LogP contribution in [0.15, 0.2) is 85.1 Å². The highest BCUT2D eigenvalue weighted by molar-refractivity contribution is 7.21. The Balaban J connectivity index is 1.66. The number of thiazole rings is 1. The summed E-state index contributed by atoms with van der Waals surface area (Å²) in [7, 11) is 0. The Hall–Kier alpha value is -3.44. The predicted molar refractivity (Wildman–Crippen MR) is 106 cm³/mol. The first kappa shape index (κ1) is 14.6. The Labute approximate surface area is 164 Å². The molecule has 2 aliphatic heterocycles. The molecule has 0 saturated carbocycles. The molecule has 4 nitrogen and oxygen atoms in total. The molecule has 0 aliphatic carbocycles. The summed E-state index contributed by atoms with van der Waals surface area (Å²) in [6.45, 7) is 0. The minimum Gasteiger partial charge on any atom is -0.340 e. The Morgan fingerprint density at radius 1 is 0.750 bits per heavy atom. The van der Waals surface area contributed by atoms with Crippen molar-refractivity contribution in [2.24, 2.45) is 0 Å². The van der Waals surface area contributed by atoms with E-state index in [4.69, 9.17) is 9.47 Å². The fourth-order valence-electron chi connectivity index (χ4n) is 4.34. The summed E-state index contributed by atoms with van der Waals surface area (Å²) in [5.74, 6) is 1.65. The number of aromatic nitrogens is 2. The van der Waals surface area contributed by atoms with Crippen molar-refractivity contribution in [2.45, 2.75) is 6.03 Å². The van der Waals surface area contributed by atoms with E-state index in [2.05, 4.69) is 51.6 Å². The lowest BCUT2D eigenvalue weighted by Crippen LogP contribution is -2.78. The summed E-state index contributed by atoms with van der Waals surface area (Å²) < 4.78 is 18.8.